The maximum atomic E-state index is 12.0. The van der Waals surface area contributed by atoms with E-state index in [4.69, 9.17) is 0 Å². The number of nitrogens with one attached hydrogen (secondary N) is 1. The van der Waals surface area contributed by atoms with Crippen LogP contribution in [0.3, 0.4) is 0 Å². The van der Waals surface area contributed by atoms with E-state index in [9.17, 15) is 8.42 Å². The second-order valence-electron chi connectivity index (χ2n) is 4.53. The molecule has 100 valence electrons. The topological polar surface area (TPSA) is 46.2 Å². The normalized spacial score (nSPS) is 20.8. The summed E-state index contributed by atoms with van der Waals surface area (Å²) in [5.41, 5.74) is 0.933. The summed E-state index contributed by atoms with van der Waals surface area (Å²) in [4.78, 5) is 0.506. The van der Waals surface area contributed by atoms with Gasteiger partial charge in [0.2, 0.25) is 0 Å². The molecule has 0 saturated heterocycles. The average molecular weight is 285 g/mol. The van der Waals surface area contributed by atoms with Crippen LogP contribution in [-0.4, -0.2) is 32.7 Å². The molecule has 0 radical (unpaired) electrons. The van der Waals surface area contributed by atoms with Crippen LogP contribution in [0.4, 0.5) is 0 Å². The number of hydrogen-bond acceptors (Lipinski definition) is 4. The Bertz CT molecular complexity index is 499. The molecule has 0 saturated carbocycles. The quantitative estimate of drug-likeness (QED) is 0.814. The number of unbranched alkanes of at least 4 members (excludes halogenated alkanes) is 1. The maximum Gasteiger partial charge on any atom is 0.180 e. The van der Waals surface area contributed by atoms with Crippen molar-refractivity contribution in [2.75, 3.05) is 24.3 Å². The molecule has 1 aliphatic heterocycles. The highest BCUT2D eigenvalue weighted by Gasteiger charge is 2.33. The first-order valence-electron chi connectivity index (χ1n) is 6.19. The van der Waals surface area contributed by atoms with Crippen molar-refractivity contribution in [3.63, 3.8) is 0 Å². The molecule has 1 aromatic rings. The SMILES string of the molecule is CSCCCCNC1CS(=O)(=O)c2ccccc21. The minimum Gasteiger partial charge on any atom is -0.309 e. The first kappa shape index (κ1) is 13.9. The van der Waals surface area contributed by atoms with Gasteiger partial charge in [0.1, 0.15) is 0 Å². The Morgan fingerprint density at radius 2 is 2.11 bits per heavy atom. The second-order valence-corrected chi connectivity index (χ2v) is 7.51. The van der Waals surface area contributed by atoms with Crippen molar-refractivity contribution in [2.45, 2.75) is 23.8 Å². The molecule has 1 heterocycles. The minimum absolute atomic E-state index is 0.0273. The highest BCUT2D eigenvalue weighted by molar-refractivity contribution is 7.98. The lowest BCUT2D eigenvalue weighted by molar-refractivity contribution is 0.553. The van der Waals surface area contributed by atoms with Gasteiger partial charge in [-0.25, -0.2) is 8.42 Å². The lowest BCUT2D eigenvalue weighted by Gasteiger charge is -2.12. The van der Waals surface area contributed by atoms with Crippen molar-refractivity contribution in [1.29, 1.82) is 0 Å². The summed E-state index contributed by atoms with van der Waals surface area (Å²) >= 11 is 1.85. The summed E-state index contributed by atoms with van der Waals surface area (Å²) < 4.78 is 23.9. The molecule has 1 N–H and O–H groups in total. The molecule has 1 aliphatic rings. The third kappa shape index (κ3) is 3.08. The number of thioether (sulfide) groups is 1. The molecule has 5 heteroatoms. The van der Waals surface area contributed by atoms with Gasteiger partial charge in [0, 0.05) is 6.04 Å². The zero-order valence-corrected chi connectivity index (χ0v) is 12.2. The van der Waals surface area contributed by atoms with Crippen molar-refractivity contribution in [3.8, 4) is 0 Å². The van der Waals surface area contributed by atoms with Gasteiger partial charge in [-0.05, 0) is 43.0 Å². The van der Waals surface area contributed by atoms with Crippen molar-refractivity contribution in [3.05, 3.63) is 29.8 Å². The van der Waals surface area contributed by atoms with Gasteiger partial charge in [0.05, 0.1) is 10.6 Å². The summed E-state index contributed by atoms with van der Waals surface area (Å²) in [5.74, 6) is 1.37. The number of hydrogen-bond donors (Lipinski definition) is 1. The van der Waals surface area contributed by atoms with Crippen molar-refractivity contribution < 1.29 is 8.42 Å². The smallest absolute Gasteiger partial charge is 0.180 e. The van der Waals surface area contributed by atoms with Crippen LogP contribution >= 0.6 is 11.8 Å². The third-order valence-corrected chi connectivity index (χ3v) is 5.69. The Hall–Kier alpha value is -0.520. The standard InChI is InChI=1S/C13H19NO2S2/c1-17-9-5-4-8-14-12-10-18(15,16)13-7-3-2-6-11(12)13/h2-3,6-7,12,14H,4-5,8-10H2,1H3. The molecule has 1 aromatic carbocycles. The van der Waals surface area contributed by atoms with Gasteiger partial charge in [-0.15, -0.1) is 0 Å². The Labute approximate surface area is 113 Å². The lowest BCUT2D eigenvalue weighted by Crippen LogP contribution is -2.23. The maximum absolute atomic E-state index is 12.0. The van der Waals surface area contributed by atoms with Gasteiger partial charge < -0.3 is 5.32 Å². The fraction of sp³-hybridized carbons (Fsp3) is 0.538. The molecule has 1 unspecified atom stereocenters. The van der Waals surface area contributed by atoms with Gasteiger partial charge >= 0.3 is 0 Å². The molecule has 2 rings (SSSR count). The Morgan fingerprint density at radius 1 is 1.33 bits per heavy atom. The van der Waals surface area contributed by atoms with Gasteiger partial charge in [-0.2, -0.15) is 11.8 Å². The van der Waals surface area contributed by atoms with Gasteiger partial charge in [0.15, 0.2) is 9.84 Å². The number of rotatable bonds is 6. The molecular weight excluding hydrogens is 266 g/mol. The predicted molar refractivity (Wildman–Crippen MR) is 76.9 cm³/mol. The Balaban J connectivity index is 1.96. The largest absolute Gasteiger partial charge is 0.309 e. The van der Waals surface area contributed by atoms with Crippen LogP contribution in [0.2, 0.25) is 0 Å². The zero-order valence-electron chi connectivity index (χ0n) is 10.6. The second kappa shape index (κ2) is 6.08. The molecule has 0 spiro atoms. The summed E-state index contributed by atoms with van der Waals surface area (Å²) in [7, 11) is -3.07. The van der Waals surface area contributed by atoms with Crippen LogP contribution in [-0.2, 0) is 9.84 Å². The molecule has 18 heavy (non-hydrogen) atoms. The molecular formula is C13H19NO2S2. The van der Waals surface area contributed by atoms with E-state index in [1.807, 2.05) is 23.9 Å². The van der Waals surface area contributed by atoms with Gasteiger partial charge in [0.25, 0.3) is 0 Å². The predicted octanol–water partition coefficient (Wildman–Crippen LogP) is 2.25. The van der Waals surface area contributed by atoms with E-state index in [1.165, 1.54) is 12.2 Å². The van der Waals surface area contributed by atoms with Crippen LogP contribution < -0.4 is 5.32 Å². The van der Waals surface area contributed by atoms with E-state index in [1.54, 1.807) is 12.1 Å². The summed E-state index contributed by atoms with van der Waals surface area (Å²) in [5, 5.41) is 3.36. The van der Waals surface area contributed by atoms with Crippen molar-refractivity contribution in [1.82, 2.24) is 5.32 Å². The third-order valence-electron chi connectivity index (χ3n) is 3.18. The molecule has 0 aromatic heterocycles. The molecule has 0 fully saturated rings. The van der Waals surface area contributed by atoms with Gasteiger partial charge in [-0.3, -0.25) is 0 Å². The molecule has 0 bridgehead atoms. The van der Waals surface area contributed by atoms with Crippen LogP contribution in [0.1, 0.15) is 24.4 Å². The van der Waals surface area contributed by atoms with E-state index >= 15 is 0 Å². The minimum atomic E-state index is -3.07. The molecule has 1 atom stereocenters. The fourth-order valence-corrected chi connectivity index (χ4v) is 4.53. The molecule has 3 nitrogen and oxygen atoms in total. The summed E-state index contributed by atoms with van der Waals surface area (Å²) in [6.45, 7) is 0.884. The van der Waals surface area contributed by atoms with Crippen molar-refractivity contribution in [2.24, 2.45) is 0 Å². The highest BCUT2D eigenvalue weighted by Crippen LogP contribution is 2.32. The van der Waals surface area contributed by atoms with E-state index in [0.29, 0.717) is 4.90 Å². The van der Waals surface area contributed by atoms with Crippen LogP contribution in [0.25, 0.3) is 0 Å². The summed E-state index contributed by atoms with van der Waals surface area (Å²) in [6.07, 6.45) is 4.38. The first-order valence-corrected chi connectivity index (χ1v) is 9.24. The number of fused-ring (bicyclic) bond motifs is 1. The van der Waals surface area contributed by atoms with Crippen LogP contribution in [0, 0.1) is 0 Å². The number of benzene rings is 1. The molecule has 0 amide bonds. The average Bonchev–Trinajstić information content (AvgIpc) is 2.62. The summed E-state index contributed by atoms with van der Waals surface area (Å²) in [6, 6.07) is 7.29. The Kier molecular flexibility index (Phi) is 4.70. The van der Waals surface area contributed by atoms with Crippen molar-refractivity contribution >= 4 is 21.6 Å². The number of sulfone groups is 1. The van der Waals surface area contributed by atoms with E-state index in [2.05, 4.69) is 11.6 Å². The highest BCUT2D eigenvalue weighted by atomic mass is 32.2. The first-order chi connectivity index (χ1) is 8.65. The Morgan fingerprint density at radius 3 is 2.89 bits per heavy atom. The monoisotopic (exact) mass is 285 g/mol. The van der Waals surface area contributed by atoms with Crippen LogP contribution in [0.15, 0.2) is 29.2 Å². The fourth-order valence-electron chi connectivity index (χ4n) is 2.27. The molecule has 0 aliphatic carbocycles. The zero-order chi connectivity index (χ0) is 13.0. The van der Waals surface area contributed by atoms with Crippen LogP contribution in [0.5, 0.6) is 0 Å². The van der Waals surface area contributed by atoms with E-state index in [0.717, 1.165) is 18.5 Å². The van der Waals surface area contributed by atoms with E-state index < -0.39 is 9.84 Å². The lowest BCUT2D eigenvalue weighted by atomic mass is 10.1. The van der Waals surface area contributed by atoms with Gasteiger partial charge in [-0.1, -0.05) is 18.2 Å². The van der Waals surface area contributed by atoms with E-state index in [-0.39, 0.29) is 11.8 Å².